The van der Waals surface area contributed by atoms with Crippen LogP contribution in [-0.4, -0.2) is 55.1 Å². The van der Waals surface area contributed by atoms with Crippen LogP contribution in [0, 0.1) is 6.92 Å². The Bertz CT molecular complexity index is 446. The number of unbranched alkanes of at least 4 members (excludes halogenated alkanes) is 1. The van der Waals surface area contributed by atoms with Crippen LogP contribution in [0.3, 0.4) is 0 Å². The summed E-state index contributed by atoms with van der Waals surface area (Å²) in [5, 5.41) is 7.89. The molecule has 0 fully saturated rings. The topological polar surface area (TPSA) is 52.6 Å². The fourth-order valence-corrected chi connectivity index (χ4v) is 3.11. The van der Waals surface area contributed by atoms with E-state index in [1.165, 1.54) is 22.9 Å². The van der Waals surface area contributed by atoms with Crippen LogP contribution in [-0.2, 0) is 6.42 Å². The third kappa shape index (κ3) is 10.5. The number of aryl methyl sites for hydroxylation is 1. The van der Waals surface area contributed by atoms with Crippen LogP contribution in [0.25, 0.3) is 0 Å². The molecule has 1 aromatic heterocycles. The van der Waals surface area contributed by atoms with Crippen molar-refractivity contribution in [1.29, 1.82) is 0 Å². The lowest BCUT2D eigenvalue weighted by atomic mass is 10.3. The Morgan fingerprint density at radius 2 is 1.96 bits per heavy atom. The summed E-state index contributed by atoms with van der Waals surface area (Å²) in [7, 11) is 0. The first-order valence-corrected chi connectivity index (χ1v) is 9.67. The summed E-state index contributed by atoms with van der Waals surface area (Å²) in [6.45, 7) is 14.7. The van der Waals surface area contributed by atoms with E-state index in [9.17, 15) is 0 Å². The van der Waals surface area contributed by atoms with E-state index in [0.29, 0.717) is 0 Å². The molecule has 24 heavy (non-hydrogen) atoms. The number of aromatic nitrogens is 1. The molecule has 0 radical (unpaired) electrons. The van der Waals surface area contributed by atoms with Crippen molar-refractivity contribution in [3.8, 4) is 0 Å². The zero-order valence-electron chi connectivity index (χ0n) is 15.6. The third-order valence-electron chi connectivity index (χ3n) is 3.69. The lowest BCUT2D eigenvalue weighted by molar-refractivity contribution is 0.297. The van der Waals surface area contributed by atoms with Crippen molar-refractivity contribution in [2.45, 2.75) is 47.0 Å². The van der Waals surface area contributed by atoms with Crippen LogP contribution >= 0.6 is 35.3 Å². The van der Waals surface area contributed by atoms with Gasteiger partial charge in [-0.2, -0.15) is 0 Å². The number of aliphatic imine (C=N–C) groups is 1. The maximum absolute atomic E-state index is 4.66. The van der Waals surface area contributed by atoms with Crippen molar-refractivity contribution in [3.63, 3.8) is 0 Å². The first kappa shape index (κ1) is 23.6. The van der Waals surface area contributed by atoms with Crippen LogP contribution in [0.5, 0.6) is 0 Å². The van der Waals surface area contributed by atoms with Crippen LogP contribution in [0.15, 0.2) is 11.2 Å². The predicted octanol–water partition coefficient (Wildman–Crippen LogP) is 3.29. The number of nitrogens with one attached hydrogen (secondary N) is 2. The Hall–Kier alpha value is -0.410. The highest BCUT2D eigenvalue weighted by molar-refractivity contribution is 14.0. The van der Waals surface area contributed by atoms with Gasteiger partial charge in [0.2, 0.25) is 0 Å². The first-order valence-electron chi connectivity index (χ1n) is 8.85. The fraction of sp³-hybridized carbons (Fsp3) is 0.765. The SMILES string of the molecule is CCNC(=NCCCCN(CC)CC)NCCc1ncc(C)s1.I. The van der Waals surface area contributed by atoms with Gasteiger partial charge in [-0.3, -0.25) is 4.99 Å². The van der Waals surface area contributed by atoms with Crippen LogP contribution < -0.4 is 10.6 Å². The summed E-state index contributed by atoms with van der Waals surface area (Å²) in [6.07, 6.45) is 5.24. The molecule has 140 valence electrons. The van der Waals surface area contributed by atoms with Gasteiger partial charge >= 0.3 is 0 Å². The highest BCUT2D eigenvalue weighted by Gasteiger charge is 2.01. The molecular formula is C17H34IN5S. The number of halogens is 1. The smallest absolute Gasteiger partial charge is 0.191 e. The Labute approximate surface area is 168 Å². The molecule has 0 amide bonds. The van der Waals surface area contributed by atoms with E-state index < -0.39 is 0 Å². The molecule has 0 saturated heterocycles. The van der Waals surface area contributed by atoms with E-state index in [4.69, 9.17) is 0 Å². The average molecular weight is 467 g/mol. The maximum atomic E-state index is 4.66. The minimum absolute atomic E-state index is 0. The molecule has 0 unspecified atom stereocenters. The molecule has 0 bridgehead atoms. The molecule has 0 aliphatic heterocycles. The van der Waals surface area contributed by atoms with Crippen molar-refractivity contribution < 1.29 is 0 Å². The van der Waals surface area contributed by atoms with E-state index in [-0.39, 0.29) is 24.0 Å². The second-order valence-electron chi connectivity index (χ2n) is 5.54. The molecule has 0 aromatic carbocycles. The van der Waals surface area contributed by atoms with E-state index in [0.717, 1.165) is 51.5 Å². The largest absolute Gasteiger partial charge is 0.357 e. The van der Waals surface area contributed by atoms with Gasteiger partial charge in [0.25, 0.3) is 0 Å². The van der Waals surface area contributed by atoms with Gasteiger partial charge in [-0.1, -0.05) is 13.8 Å². The van der Waals surface area contributed by atoms with E-state index in [2.05, 4.69) is 53.2 Å². The van der Waals surface area contributed by atoms with Crippen molar-refractivity contribution in [1.82, 2.24) is 20.5 Å². The second kappa shape index (κ2) is 14.9. The first-order chi connectivity index (χ1) is 11.2. The second-order valence-corrected chi connectivity index (χ2v) is 6.86. The van der Waals surface area contributed by atoms with Crippen LogP contribution in [0.2, 0.25) is 0 Å². The van der Waals surface area contributed by atoms with Gasteiger partial charge in [0.1, 0.15) is 0 Å². The molecule has 0 saturated carbocycles. The molecule has 0 atom stereocenters. The average Bonchev–Trinajstić information content (AvgIpc) is 2.96. The number of guanidine groups is 1. The quantitative estimate of drug-likeness (QED) is 0.227. The fourth-order valence-electron chi connectivity index (χ4n) is 2.32. The van der Waals surface area contributed by atoms with Gasteiger partial charge < -0.3 is 15.5 Å². The van der Waals surface area contributed by atoms with Gasteiger partial charge in [0, 0.05) is 37.1 Å². The summed E-state index contributed by atoms with van der Waals surface area (Å²) in [4.78, 5) is 12.8. The highest BCUT2D eigenvalue weighted by Crippen LogP contribution is 2.10. The zero-order valence-corrected chi connectivity index (χ0v) is 18.7. The van der Waals surface area contributed by atoms with Crippen molar-refractivity contribution in [2.75, 3.05) is 39.3 Å². The zero-order chi connectivity index (χ0) is 16.9. The van der Waals surface area contributed by atoms with Gasteiger partial charge in [-0.05, 0) is 46.3 Å². The number of hydrogen-bond donors (Lipinski definition) is 2. The predicted molar refractivity (Wildman–Crippen MR) is 117 cm³/mol. The minimum atomic E-state index is 0. The normalized spacial score (nSPS) is 11.5. The highest BCUT2D eigenvalue weighted by atomic mass is 127. The Morgan fingerprint density at radius 3 is 2.54 bits per heavy atom. The van der Waals surface area contributed by atoms with Gasteiger partial charge in [-0.15, -0.1) is 35.3 Å². The molecule has 7 heteroatoms. The minimum Gasteiger partial charge on any atom is -0.357 e. The standard InChI is InChI=1S/C17H33N5S.HI/c1-5-18-17(19-11-8-9-13-22(6-2)7-3)20-12-10-16-21-14-15(4)23-16;/h14H,5-13H2,1-4H3,(H2,18,19,20);1H. The van der Waals surface area contributed by atoms with Gasteiger partial charge in [0.15, 0.2) is 5.96 Å². The van der Waals surface area contributed by atoms with Gasteiger partial charge in [0.05, 0.1) is 5.01 Å². The molecule has 0 aliphatic carbocycles. The van der Waals surface area contributed by atoms with Crippen molar-refractivity contribution >= 4 is 41.3 Å². The lowest BCUT2D eigenvalue weighted by Crippen LogP contribution is -2.38. The van der Waals surface area contributed by atoms with Crippen molar-refractivity contribution in [2.24, 2.45) is 4.99 Å². The molecule has 1 heterocycles. The van der Waals surface area contributed by atoms with E-state index in [1.54, 1.807) is 11.3 Å². The van der Waals surface area contributed by atoms with Crippen molar-refractivity contribution in [3.05, 3.63) is 16.1 Å². The summed E-state index contributed by atoms with van der Waals surface area (Å²) in [5.74, 6) is 0.920. The molecule has 5 nitrogen and oxygen atoms in total. The Balaban J connectivity index is 0.00000529. The molecular weight excluding hydrogens is 433 g/mol. The molecule has 2 N–H and O–H groups in total. The number of rotatable bonds is 11. The summed E-state index contributed by atoms with van der Waals surface area (Å²) in [5.41, 5.74) is 0. The molecule has 0 aliphatic rings. The Morgan fingerprint density at radius 1 is 1.21 bits per heavy atom. The summed E-state index contributed by atoms with van der Waals surface area (Å²) in [6, 6.07) is 0. The molecule has 0 spiro atoms. The summed E-state index contributed by atoms with van der Waals surface area (Å²) < 4.78 is 0. The monoisotopic (exact) mass is 467 g/mol. The maximum Gasteiger partial charge on any atom is 0.191 e. The van der Waals surface area contributed by atoms with E-state index in [1.807, 2.05) is 6.20 Å². The van der Waals surface area contributed by atoms with E-state index >= 15 is 0 Å². The summed E-state index contributed by atoms with van der Waals surface area (Å²) >= 11 is 1.77. The van der Waals surface area contributed by atoms with Crippen LogP contribution in [0.1, 0.15) is 43.5 Å². The molecule has 1 rings (SSSR count). The number of nitrogens with zero attached hydrogens (tertiary/aromatic N) is 3. The molecule has 1 aromatic rings. The third-order valence-corrected chi connectivity index (χ3v) is 4.66. The van der Waals surface area contributed by atoms with Crippen LogP contribution in [0.4, 0.5) is 0 Å². The number of thiazole rings is 1. The Kier molecular flexibility index (Phi) is 14.6. The van der Waals surface area contributed by atoms with Gasteiger partial charge in [-0.25, -0.2) is 4.98 Å². The number of hydrogen-bond acceptors (Lipinski definition) is 4. The lowest BCUT2D eigenvalue weighted by Gasteiger charge is -2.17.